The van der Waals surface area contributed by atoms with Gasteiger partial charge in [-0.15, -0.1) is 0 Å². The van der Waals surface area contributed by atoms with Gasteiger partial charge in [0.25, 0.3) is 0 Å². The van der Waals surface area contributed by atoms with Crippen molar-refractivity contribution < 1.29 is 4.74 Å². The number of hydrogen-bond acceptors (Lipinski definition) is 5. The van der Waals surface area contributed by atoms with Crippen molar-refractivity contribution in [1.29, 1.82) is 0 Å². The van der Waals surface area contributed by atoms with Gasteiger partial charge in [-0.2, -0.15) is 0 Å². The second kappa shape index (κ2) is 6.50. The van der Waals surface area contributed by atoms with Crippen LogP contribution in [-0.4, -0.2) is 61.3 Å². The highest BCUT2D eigenvalue weighted by Gasteiger charge is 2.22. The molecule has 0 aromatic carbocycles. The first-order chi connectivity index (χ1) is 9.45. The molecule has 1 aromatic heterocycles. The fourth-order valence-electron chi connectivity index (χ4n) is 2.44. The van der Waals surface area contributed by atoms with Crippen LogP contribution in [0.4, 0.5) is 5.82 Å². The summed E-state index contributed by atoms with van der Waals surface area (Å²) in [6.45, 7) is 9.80. The molecule has 0 radical (unpaired) electrons. The van der Waals surface area contributed by atoms with Gasteiger partial charge in [0.2, 0.25) is 0 Å². The molecular formula is C15H26N4O. The number of ether oxygens (including phenoxy) is 1. The van der Waals surface area contributed by atoms with Crippen molar-refractivity contribution in [2.45, 2.75) is 32.8 Å². The molecule has 5 nitrogen and oxygen atoms in total. The van der Waals surface area contributed by atoms with Gasteiger partial charge in [0.05, 0.1) is 12.7 Å². The highest BCUT2D eigenvalue weighted by atomic mass is 16.5. The zero-order valence-corrected chi connectivity index (χ0v) is 13.3. The molecule has 1 saturated heterocycles. The highest BCUT2D eigenvalue weighted by Crippen LogP contribution is 2.19. The third-order valence-corrected chi connectivity index (χ3v) is 3.41. The lowest BCUT2D eigenvalue weighted by molar-refractivity contribution is 0.0245. The molecule has 1 fully saturated rings. The minimum Gasteiger partial charge on any atom is -0.373 e. The van der Waals surface area contributed by atoms with Crippen molar-refractivity contribution in [3.8, 4) is 0 Å². The number of anilines is 1. The Balaban J connectivity index is 2.14. The lowest BCUT2D eigenvalue weighted by atomic mass is 10.2. The minimum absolute atomic E-state index is 0.247. The maximum Gasteiger partial charge on any atom is 0.133 e. The molecule has 1 atom stereocenters. The van der Waals surface area contributed by atoms with Crippen molar-refractivity contribution in [1.82, 2.24) is 14.9 Å². The maximum absolute atomic E-state index is 5.82. The summed E-state index contributed by atoms with van der Waals surface area (Å²) < 4.78 is 5.82. The van der Waals surface area contributed by atoms with E-state index in [1.807, 2.05) is 6.92 Å². The van der Waals surface area contributed by atoms with E-state index in [2.05, 4.69) is 48.8 Å². The number of morpholine rings is 1. The number of hydrogen-bond donors (Lipinski definition) is 0. The maximum atomic E-state index is 5.82. The van der Waals surface area contributed by atoms with Crippen molar-refractivity contribution in [2.24, 2.45) is 0 Å². The number of rotatable bonds is 4. The molecule has 1 aliphatic heterocycles. The molecule has 0 spiro atoms. The summed E-state index contributed by atoms with van der Waals surface area (Å²) in [7, 11) is 4.15. The van der Waals surface area contributed by atoms with E-state index in [0.717, 1.165) is 43.6 Å². The molecule has 0 N–H and O–H groups in total. The molecule has 20 heavy (non-hydrogen) atoms. The lowest BCUT2D eigenvalue weighted by Crippen LogP contribution is -2.46. The van der Waals surface area contributed by atoms with Crippen LogP contribution in [0.5, 0.6) is 0 Å². The predicted molar refractivity (Wildman–Crippen MR) is 81.4 cm³/mol. The van der Waals surface area contributed by atoms with Gasteiger partial charge in [-0.05, 0) is 21.0 Å². The third-order valence-electron chi connectivity index (χ3n) is 3.41. The van der Waals surface area contributed by atoms with Gasteiger partial charge in [0.1, 0.15) is 11.6 Å². The van der Waals surface area contributed by atoms with E-state index in [9.17, 15) is 0 Å². The van der Waals surface area contributed by atoms with Crippen molar-refractivity contribution in [2.75, 3.05) is 45.2 Å². The van der Waals surface area contributed by atoms with E-state index in [0.29, 0.717) is 5.92 Å². The number of aromatic nitrogens is 2. The van der Waals surface area contributed by atoms with Crippen LogP contribution in [0.1, 0.15) is 31.3 Å². The molecule has 0 amide bonds. The Kier molecular flexibility index (Phi) is 4.94. The Morgan fingerprint density at radius 2 is 2.15 bits per heavy atom. The van der Waals surface area contributed by atoms with Gasteiger partial charge in [-0.3, -0.25) is 0 Å². The van der Waals surface area contributed by atoms with E-state index in [4.69, 9.17) is 9.72 Å². The predicted octanol–water partition coefficient (Wildman–Crippen LogP) is 1.68. The second-order valence-electron chi connectivity index (χ2n) is 6.08. The smallest absolute Gasteiger partial charge is 0.133 e. The van der Waals surface area contributed by atoms with Gasteiger partial charge < -0.3 is 14.5 Å². The summed E-state index contributed by atoms with van der Waals surface area (Å²) in [6.07, 6.45) is 0.247. The summed E-state index contributed by atoms with van der Waals surface area (Å²) in [6, 6.07) is 2.07. The van der Waals surface area contributed by atoms with Crippen LogP contribution in [0, 0.1) is 6.92 Å². The first kappa shape index (κ1) is 15.2. The first-order valence-electron chi connectivity index (χ1n) is 7.32. The average molecular weight is 278 g/mol. The van der Waals surface area contributed by atoms with E-state index in [-0.39, 0.29) is 6.10 Å². The summed E-state index contributed by atoms with van der Waals surface area (Å²) in [4.78, 5) is 13.7. The zero-order chi connectivity index (χ0) is 14.7. The lowest BCUT2D eigenvalue weighted by Gasteiger charge is -2.35. The van der Waals surface area contributed by atoms with Crippen molar-refractivity contribution >= 4 is 5.82 Å². The fourth-order valence-corrected chi connectivity index (χ4v) is 2.44. The summed E-state index contributed by atoms with van der Waals surface area (Å²) in [5.41, 5.74) is 1.04. The molecule has 0 bridgehead atoms. The normalized spacial score (nSPS) is 19.9. The molecular weight excluding hydrogens is 252 g/mol. The average Bonchev–Trinajstić information content (AvgIpc) is 2.37. The Morgan fingerprint density at radius 1 is 1.40 bits per heavy atom. The van der Waals surface area contributed by atoms with Gasteiger partial charge in [-0.1, -0.05) is 13.8 Å². The van der Waals surface area contributed by atoms with Crippen LogP contribution in [0.3, 0.4) is 0 Å². The number of aryl methyl sites for hydroxylation is 1. The summed E-state index contributed by atoms with van der Waals surface area (Å²) in [5.74, 6) is 2.32. The van der Waals surface area contributed by atoms with Crippen LogP contribution < -0.4 is 4.90 Å². The second-order valence-corrected chi connectivity index (χ2v) is 6.08. The van der Waals surface area contributed by atoms with E-state index >= 15 is 0 Å². The fraction of sp³-hybridized carbons (Fsp3) is 0.733. The summed E-state index contributed by atoms with van der Waals surface area (Å²) in [5, 5.41) is 0. The molecule has 1 aromatic rings. The third kappa shape index (κ3) is 3.90. The molecule has 2 rings (SSSR count). The first-order valence-corrected chi connectivity index (χ1v) is 7.32. The van der Waals surface area contributed by atoms with Gasteiger partial charge >= 0.3 is 0 Å². The Morgan fingerprint density at radius 3 is 2.80 bits per heavy atom. The molecule has 1 unspecified atom stereocenters. The molecule has 112 valence electrons. The SMILES string of the molecule is Cc1cc(N2CCOC(CN(C)C)C2)nc(C(C)C)n1. The van der Waals surface area contributed by atoms with Crippen LogP contribution in [0.2, 0.25) is 0 Å². The van der Waals surface area contributed by atoms with Gasteiger partial charge in [0, 0.05) is 37.3 Å². The quantitative estimate of drug-likeness (QED) is 0.838. The van der Waals surface area contributed by atoms with E-state index in [1.54, 1.807) is 0 Å². The molecule has 1 aliphatic rings. The van der Waals surface area contributed by atoms with E-state index < -0.39 is 0 Å². The van der Waals surface area contributed by atoms with Crippen molar-refractivity contribution in [3.05, 3.63) is 17.6 Å². The number of nitrogens with zero attached hydrogens (tertiary/aromatic N) is 4. The largest absolute Gasteiger partial charge is 0.373 e. The Hall–Kier alpha value is -1.20. The number of likely N-dealkylation sites (N-methyl/N-ethyl adjacent to an activating group) is 1. The molecule has 2 heterocycles. The van der Waals surface area contributed by atoms with Crippen LogP contribution in [-0.2, 0) is 4.74 Å². The molecule has 0 saturated carbocycles. The minimum atomic E-state index is 0.247. The highest BCUT2D eigenvalue weighted by molar-refractivity contribution is 5.40. The Labute approximate surface area is 122 Å². The Bertz CT molecular complexity index is 447. The van der Waals surface area contributed by atoms with Crippen LogP contribution >= 0.6 is 0 Å². The summed E-state index contributed by atoms with van der Waals surface area (Å²) >= 11 is 0. The monoisotopic (exact) mass is 278 g/mol. The van der Waals surface area contributed by atoms with Gasteiger partial charge in [0.15, 0.2) is 0 Å². The van der Waals surface area contributed by atoms with Crippen molar-refractivity contribution in [3.63, 3.8) is 0 Å². The van der Waals surface area contributed by atoms with Gasteiger partial charge in [-0.25, -0.2) is 9.97 Å². The van der Waals surface area contributed by atoms with Crippen LogP contribution in [0.25, 0.3) is 0 Å². The molecule has 5 heteroatoms. The standard InChI is InChI=1S/C15H26N4O/c1-11(2)15-16-12(3)8-14(17-15)19-6-7-20-13(10-19)9-18(4)5/h8,11,13H,6-7,9-10H2,1-5H3. The molecule has 0 aliphatic carbocycles. The van der Waals surface area contributed by atoms with Crippen LogP contribution in [0.15, 0.2) is 6.07 Å². The van der Waals surface area contributed by atoms with E-state index in [1.165, 1.54) is 0 Å². The zero-order valence-electron chi connectivity index (χ0n) is 13.3. The topological polar surface area (TPSA) is 41.5 Å².